The third-order valence-corrected chi connectivity index (χ3v) is 3.45. The number of piperazine rings is 1. The van der Waals surface area contributed by atoms with E-state index < -0.39 is 23.1 Å². The van der Waals surface area contributed by atoms with Crippen LogP contribution in [0.4, 0.5) is 0 Å². The summed E-state index contributed by atoms with van der Waals surface area (Å²) in [4.78, 5) is 36.2. The number of carbonyl (C=O) groups is 3. The quantitative estimate of drug-likeness (QED) is 0.199. The zero-order valence-electron chi connectivity index (χ0n) is 11.0. The molecular formula is C11H18N4O4. The summed E-state index contributed by atoms with van der Waals surface area (Å²) in [5.41, 5.74) is 4.43. The molecule has 19 heavy (non-hydrogen) atoms. The number of amides is 3. The number of hydrogen-bond donors (Lipinski definition) is 3. The number of nitrogens with one attached hydrogen (secondary N) is 1. The minimum atomic E-state index is -1.19. The van der Waals surface area contributed by atoms with Crippen LogP contribution in [0.5, 0.6) is 0 Å². The zero-order chi connectivity index (χ0) is 14.6. The monoisotopic (exact) mass is 270 g/mol. The van der Waals surface area contributed by atoms with Crippen molar-refractivity contribution in [2.24, 2.45) is 16.3 Å². The molecule has 1 saturated heterocycles. The van der Waals surface area contributed by atoms with Crippen molar-refractivity contribution in [2.75, 3.05) is 13.1 Å². The Morgan fingerprint density at radius 3 is 2.21 bits per heavy atom. The number of carbonyl (C=O) groups excluding carboxylic acids is 3. The molecule has 0 aromatic heterocycles. The molecule has 0 atom stereocenters. The fourth-order valence-corrected chi connectivity index (χ4v) is 2.20. The highest BCUT2D eigenvalue weighted by atomic mass is 16.4. The highest BCUT2D eigenvalue weighted by Crippen LogP contribution is 2.29. The largest absolute Gasteiger partial charge is 0.409 e. The van der Waals surface area contributed by atoms with Gasteiger partial charge in [-0.05, 0) is 12.8 Å². The Kier molecular flexibility index (Phi) is 4.47. The van der Waals surface area contributed by atoms with E-state index in [0.717, 1.165) is 4.90 Å². The maximum atomic E-state index is 12.5. The summed E-state index contributed by atoms with van der Waals surface area (Å²) in [7, 11) is 0. The average Bonchev–Trinajstić information content (AvgIpc) is 2.39. The number of amidine groups is 1. The van der Waals surface area contributed by atoms with Gasteiger partial charge in [0.15, 0.2) is 5.84 Å². The summed E-state index contributed by atoms with van der Waals surface area (Å²) < 4.78 is 0. The van der Waals surface area contributed by atoms with Crippen molar-refractivity contribution in [2.45, 2.75) is 26.7 Å². The molecule has 3 amide bonds. The van der Waals surface area contributed by atoms with Gasteiger partial charge in [0.05, 0.1) is 0 Å². The first-order valence-electron chi connectivity index (χ1n) is 6.01. The molecule has 8 nitrogen and oxygen atoms in total. The minimum absolute atomic E-state index is 0.203. The number of oxime groups is 1. The molecule has 8 heteroatoms. The molecule has 0 spiro atoms. The van der Waals surface area contributed by atoms with Crippen LogP contribution >= 0.6 is 0 Å². The van der Waals surface area contributed by atoms with Gasteiger partial charge in [0, 0.05) is 0 Å². The molecular weight excluding hydrogens is 252 g/mol. The van der Waals surface area contributed by atoms with Gasteiger partial charge in [0.1, 0.15) is 18.5 Å². The second-order valence-electron chi connectivity index (χ2n) is 4.41. The van der Waals surface area contributed by atoms with Gasteiger partial charge in [-0.2, -0.15) is 0 Å². The summed E-state index contributed by atoms with van der Waals surface area (Å²) in [5.74, 6) is -1.76. The van der Waals surface area contributed by atoms with E-state index in [9.17, 15) is 14.4 Å². The highest BCUT2D eigenvalue weighted by Gasteiger charge is 2.44. The molecule has 1 rings (SSSR count). The van der Waals surface area contributed by atoms with Crippen molar-refractivity contribution in [1.82, 2.24) is 10.2 Å². The van der Waals surface area contributed by atoms with Crippen LogP contribution < -0.4 is 11.1 Å². The highest BCUT2D eigenvalue weighted by molar-refractivity contribution is 6.10. The molecule has 0 aromatic carbocycles. The van der Waals surface area contributed by atoms with E-state index in [2.05, 4.69) is 10.5 Å². The van der Waals surface area contributed by atoms with Crippen LogP contribution in [0.3, 0.4) is 0 Å². The maximum absolute atomic E-state index is 12.5. The van der Waals surface area contributed by atoms with Crippen LogP contribution in [-0.2, 0) is 14.4 Å². The number of nitrogens with two attached hydrogens (primary N) is 1. The van der Waals surface area contributed by atoms with Crippen molar-refractivity contribution in [3.8, 4) is 0 Å². The third kappa shape index (κ3) is 2.67. The number of rotatable bonds is 4. The van der Waals surface area contributed by atoms with Gasteiger partial charge < -0.3 is 15.8 Å². The first-order chi connectivity index (χ1) is 8.91. The van der Waals surface area contributed by atoms with Crippen LogP contribution in [0.25, 0.3) is 0 Å². The predicted molar refractivity (Wildman–Crippen MR) is 66.2 cm³/mol. The number of hydrogen-bond acceptors (Lipinski definition) is 5. The van der Waals surface area contributed by atoms with Crippen molar-refractivity contribution < 1.29 is 19.6 Å². The molecule has 4 N–H and O–H groups in total. The van der Waals surface area contributed by atoms with Gasteiger partial charge >= 0.3 is 0 Å². The second kappa shape index (κ2) is 5.68. The van der Waals surface area contributed by atoms with Crippen LogP contribution in [0.2, 0.25) is 0 Å². The van der Waals surface area contributed by atoms with Gasteiger partial charge in [-0.25, -0.2) is 0 Å². The molecule has 0 radical (unpaired) electrons. The van der Waals surface area contributed by atoms with Gasteiger partial charge in [-0.15, -0.1) is 0 Å². The summed E-state index contributed by atoms with van der Waals surface area (Å²) >= 11 is 0. The predicted octanol–water partition coefficient (Wildman–Crippen LogP) is -0.976. The van der Waals surface area contributed by atoms with Gasteiger partial charge in [0.25, 0.3) is 0 Å². The van der Waals surface area contributed by atoms with Crippen LogP contribution in [0, 0.1) is 5.41 Å². The van der Waals surface area contributed by atoms with Crippen molar-refractivity contribution in [1.29, 1.82) is 0 Å². The molecule has 1 aliphatic rings. The van der Waals surface area contributed by atoms with Crippen molar-refractivity contribution >= 4 is 23.6 Å². The van der Waals surface area contributed by atoms with Gasteiger partial charge in [-0.3, -0.25) is 19.7 Å². The smallest absolute Gasteiger partial charge is 0.246 e. The lowest BCUT2D eigenvalue weighted by Gasteiger charge is -2.35. The first kappa shape index (κ1) is 14.9. The molecule has 1 fully saturated rings. The van der Waals surface area contributed by atoms with Crippen LogP contribution in [0.1, 0.15) is 26.7 Å². The Labute approximate surface area is 110 Å². The zero-order valence-corrected chi connectivity index (χ0v) is 11.0. The molecule has 1 heterocycles. The van der Waals surface area contributed by atoms with E-state index in [-0.39, 0.29) is 18.9 Å². The first-order valence-corrected chi connectivity index (χ1v) is 6.01. The fourth-order valence-electron chi connectivity index (χ4n) is 2.20. The normalized spacial score (nSPS) is 17.4. The summed E-state index contributed by atoms with van der Waals surface area (Å²) in [6.45, 7) is 3.05. The Balaban J connectivity index is 3.07. The lowest BCUT2D eigenvalue weighted by Crippen LogP contribution is -2.59. The molecule has 0 aliphatic carbocycles. The number of imide groups is 1. The van der Waals surface area contributed by atoms with E-state index >= 15 is 0 Å². The summed E-state index contributed by atoms with van der Waals surface area (Å²) in [6.07, 6.45) is 0.620. The van der Waals surface area contributed by atoms with E-state index in [1.54, 1.807) is 13.8 Å². The van der Waals surface area contributed by atoms with Gasteiger partial charge in [-0.1, -0.05) is 19.0 Å². The Bertz CT molecular complexity index is 412. The summed E-state index contributed by atoms with van der Waals surface area (Å²) in [5, 5.41) is 13.9. The molecule has 0 unspecified atom stereocenters. The van der Waals surface area contributed by atoms with E-state index in [1.807, 2.05) is 0 Å². The Morgan fingerprint density at radius 2 is 1.84 bits per heavy atom. The van der Waals surface area contributed by atoms with E-state index in [1.165, 1.54) is 0 Å². The lowest BCUT2D eigenvalue weighted by molar-refractivity contribution is -0.149. The van der Waals surface area contributed by atoms with E-state index in [4.69, 9.17) is 10.9 Å². The Hall–Kier alpha value is -2.12. The van der Waals surface area contributed by atoms with Crippen LogP contribution in [0.15, 0.2) is 5.16 Å². The second-order valence-corrected chi connectivity index (χ2v) is 4.41. The number of nitrogens with zero attached hydrogens (tertiary/aromatic N) is 2. The van der Waals surface area contributed by atoms with Crippen molar-refractivity contribution in [3.63, 3.8) is 0 Å². The van der Waals surface area contributed by atoms with Crippen molar-refractivity contribution in [3.05, 3.63) is 0 Å². The summed E-state index contributed by atoms with van der Waals surface area (Å²) in [6, 6.07) is 0. The molecule has 0 saturated carbocycles. The molecule has 106 valence electrons. The topological polar surface area (TPSA) is 125 Å². The maximum Gasteiger partial charge on any atom is 0.246 e. The minimum Gasteiger partial charge on any atom is -0.409 e. The molecule has 0 aromatic rings. The van der Waals surface area contributed by atoms with E-state index in [0.29, 0.717) is 12.8 Å². The lowest BCUT2D eigenvalue weighted by atomic mass is 9.79. The standard InChI is InChI=1S/C11H18N4O4/c1-3-11(4-2,9(12)14-19)10(18)15-5-7(16)13-8(17)6-15/h19H,3-6H2,1-2H3,(H2,12,14)(H,13,16,17). The molecule has 1 aliphatic heterocycles. The van der Waals surface area contributed by atoms with Crippen LogP contribution in [-0.4, -0.2) is 46.8 Å². The third-order valence-electron chi connectivity index (χ3n) is 3.45. The average molecular weight is 270 g/mol. The van der Waals surface area contributed by atoms with Gasteiger partial charge in [0.2, 0.25) is 17.7 Å². The molecule has 0 bridgehead atoms. The SMILES string of the molecule is CCC(CC)(C(=O)N1CC(=O)NC(=O)C1)C(N)=NO. The Morgan fingerprint density at radius 1 is 1.37 bits per heavy atom. The fraction of sp³-hybridized carbons (Fsp3) is 0.636.